The SMILES string of the molecule is Brc1cncc(C=Cc2ccncc2)c1. The van der Waals surface area contributed by atoms with Gasteiger partial charge in [-0.2, -0.15) is 0 Å². The van der Waals surface area contributed by atoms with Crippen LogP contribution in [0, 0.1) is 0 Å². The lowest BCUT2D eigenvalue weighted by Crippen LogP contribution is -1.76. The minimum Gasteiger partial charge on any atom is -0.265 e. The second-order valence-electron chi connectivity index (χ2n) is 3.05. The molecule has 74 valence electrons. The maximum atomic E-state index is 4.09. The van der Waals surface area contributed by atoms with Gasteiger partial charge in [-0.25, -0.2) is 0 Å². The highest BCUT2D eigenvalue weighted by Crippen LogP contribution is 2.12. The summed E-state index contributed by atoms with van der Waals surface area (Å²) in [6, 6.07) is 5.94. The van der Waals surface area contributed by atoms with Crippen LogP contribution in [0.1, 0.15) is 11.1 Å². The molecule has 0 N–H and O–H groups in total. The van der Waals surface area contributed by atoms with Gasteiger partial charge in [0.15, 0.2) is 0 Å². The van der Waals surface area contributed by atoms with Gasteiger partial charge >= 0.3 is 0 Å². The van der Waals surface area contributed by atoms with Gasteiger partial charge in [0.2, 0.25) is 0 Å². The van der Waals surface area contributed by atoms with E-state index in [9.17, 15) is 0 Å². The number of rotatable bonds is 2. The Morgan fingerprint density at radius 1 is 0.933 bits per heavy atom. The summed E-state index contributed by atoms with van der Waals surface area (Å²) in [6.45, 7) is 0. The van der Waals surface area contributed by atoms with Gasteiger partial charge < -0.3 is 0 Å². The quantitative estimate of drug-likeness (QED) is 0.827. The molecule has 2 nitrogen and oxygen atoms in total. The van der Waals surface area contributed by atoms with Crippen molar-refractivity contribution < 1.29 is 0 Å². The molecule has 2 aromatic rings. The van der Waals surface area contributed by atoms with Gasteiger partial charge in [0.05, 0.1) is 0 Å². The highest BCUT2D eigenvalue weighted by atomic mass is 79.9. The van der Waals surface area contributed by atoms with Gasteiger partial charge in [-0.05, 0) is 45.3 Å². The first kappa shape index (κ1) is 10.1. The highest BCUT2D eigenvalue weighted by Gasteiger charge is 1.89. The van der Waals surface area contributed by atoms with Crippen LogP contribution in [0.4, 0.5) is 0 Å². The lowest BCUT2D eigenvalue weighted by atomic mass is 10.2. The molecule has 0 bridgehead atoms. The molecule has 0 fully saturated rings. The molecule has 0 amide bonds. The summed E-state index contributed by atoms with van der Waals surface area (Å²) in [5, 5.41) is 0. The Balaban J connectivity index is 2.19. The minimum absolute atomic E-state index is 0.986. The Bertz CT molecular complexity index is 466. The molecule has 15 heavy (non-hydrogen) atoms. The fraction of sp³-hybridized carbons (Fsp3) is 0. The van der Waals surface area contributed by atoms with E-state index in [2.05, 4.69) is 25.9 Å². The molecule has 2 rings (SSSR count). The molecule has 2 aromatic heterocycles. The molecule has 0 radical (unpaired) electrons. The molecular formula is C12H9BrN2. The molecule has 0 atom stereocenters. The zero-order valence-electron chi connectivity index (χ0n) is 7.97. The summed E-state index contributed by atoms with van der Waals surface area (Å²) in [5.41, 5.74) is 2.20. The van der Waals surface area contributed by atoms with E-state index in [1.807, 2.05) is 36.5 Å². The largest absolute Gasteiger partial charge is 0.265 e. The standard InChI is InChI=1S/C12H9BrN2/c13-12-7-11(8-15-9-12)2-1-10-3-5-14-6-4-10/h1-9H. The zero-order valence-corrected chi connectivity index (χ0v) is 9.55. The summed E-state index contributed by atoms with van der Waals surface area (Å²) in [7, 11) is 0. The van der Waals surface area contributed by atoms with Gasteiger partial charge in [0, 0.05) is 29.3 Å². The average Bonchev–Trinajstić information content (AvgIpc) is 2.28. The maximum Gasteiger partial charge on any atom is 0.0410 e. The van der Waals surface area contributed by atoms with Crippen molar-refractivity contribution >= 4 is 28.1 Å². The van der Waals surface area contributed by atoms with Crippen LogP contribution in [-0.4, -0.2) is 9.97 Å². The number of hydrogen-bond acceptors (Lipinski definition) is 2. The number of nitrogens with zero attached hydrogens (tertiary/aromatic N) is 2. The van der Waals surface area contributed by atoms with Crippen LogP contribution in [0.5, 0.6) is 0 Å². The Hall–Kier alpha value is -1.48. The highest BCUT2D eigenvalue weighted by molar-refractivity contribution is 9.10. The maximum absolute atomic E-state index is 4.09. The third-order valence-electron chi connectivity index (χ3n) is 1.90. The van der Waals surface area contributed by atoms with E-state index in [0.29, 0.717) is 0 Å². The second kappa shape index (κ2) is 4.84. The monoisotopic (exact) mass is 260 g/mol. The summed E-state index contributed by atoms with van der Waals surface area (Å²) in [6.07, 6.45) is 11.2. The van der Waals surface area contributed by atoms with Crippen LogP contribution in [0.3, 0.4) is 0 Å². The Morgan fingerprint density at radius 2 is 1.67 bits per heavy atom. The Labute approximate surface area is 96.8 Å². The van der Waals surface area contributed by atoms with E-state index in [1.165, 1.54) is 0 Å². The van der Waals surface area contributed by atoms with Crippen molar-refractivity contribution in [1.29, 1.82) is 0 Å². The molecular weight excluding hydrogens is 252 g/mol. The van der Waals surface area contributed by atoms with Gasteiger partial charge in [-0.1, -0.05) is 12.2 Å². The third kappa shape index (κ3) is 2.99. The van der Waals surface area contributed by atoms with E-state index in [4.69, 9.17) is 0 Å². The summed E-state index contributed by atoms with van der Waals surface area (Å²) >= 11 is 3.38. The van der Waals surface area contributed by atoms with E-state index in [0.717, 1.165) is 15.6 Å². The number of hydrogen-bond donors (Lipinski definition) is 0. The molecule has 0 aromatic carbocycles. The molecule has 2 heterocycles. The lowest BCUT2D eigenvalue weighted by molar-refractivity contribution is 1.30. The summed E-state index contributed by atoms with van der Waals surface area (Å²) in [4.78, 5) is 8.05. The van der Waals surface area contributed by atoms with Crippen molar-refractivity contribution in [1.82, 2.24) is 9.97 Å². The van der Waals surface area contributed by atoms with Crippen molar-refractivity contribution in [2.45, 2.75) is 0 Å². The fourth-order valence-electron chi connectivity index (χ4n) is 1.19. The van der Waals surface area contributed by atoms with E-state index < -0.39 is 0 Å². The first-order valence-corrected chi connectivity index (χ1v) is 5.32. The van der Waals surface area contributed by atoms with Gasteiger partial charge in [-0.3, -0.25) is 9.97 Å². The van der Waals surface area contributed by atoms with Crippen LogP contribution in [0.2, 0.25) is 0 Å². The van der Waals surface area contributed by atoms with Crippen LogP contribution < -0.4 is 0 Å². The zero-order chi connectivity index (χ0) is 10.5. The van der Waals surface area contributed by atoms with E-state index in [1.54, 1.807) is 18.6 Å². The van der Waals surface area contributed by atoms with Gasteiger partial charge in [-0.15, -0.1) is 0 Å². The molecule has 3 heteroatoms. The molecule has 0 saturated heterocycles. The molecule has 0 aliphatic heterocycles. The molecule has 0 spiro atoms. The van der Waals surface area contributed by atoms with Crippen LogP contribution in [0.15, 0.2) is 47.5 Å². The predicted octanol–water partition coefficient (Wildman–Crippen LogP) is 3.41. The Kier molecular flexibility index (Phi) is 3.25. The van der Waals surface area contributed by atoms with Gasteiger partial charge in [0.1, 0.15) is 0 Å². The van der Waals surface area contributed by atoms with Crippen LogP contribution in [0.25, 0.3) is 12.2 Å². The minimum atomic E-state index is 0.986. The van der Waals surface area contributed by atoms with Crippen molar-refractivity contribution in [2.24, 2.45) is 0 Å². The Morgan fingerprint density at radius 3 is 2.40 bits per heavy atom. The van der Waals surface area contributed by atoms with E-state index in [-0.39, 0.29) is 0 Å². The van der Waals surface area contributed by atoms with Crippen molar-refractivity contribution in [3.63, 3.8) is 0 Å². The smallest absolute Gasteiger partial charge is 0.0410 e. The molecule has 0 unspecified atom stereocenters. The molecule has 0 aliphatic carbocycles. The van der Waals surface area contributed by atoms with Crippen LogP contribution >= 0.6 is 15.9 Å². The van der Waals surface area contributed by atoms with Crippen LogP contribution in [-0.2, 0) is 0 Å². The average molecular weight is 261 g/mol. The number of aromatic nitrogens is 2. The second-order valence-corrected chi connectivity index (χ2v) is 3.97. The third-order valence-corrected chi connectivity index (χ3v) is 2.33. The first-order chi connectivity index (χ1) is 7.34. The van der Waals surface area contributed by atoms with Crippen molar-refractivity contribution in [2.75, 3.05) is 0 Å². The van der Waals surface area contributed by atoms with E-state index >= 15 is 0 Å². The number of halogens is 1. The lowest BCUT2D eigenvalue weighted by Gasteiger charge is -1.94. The molecule has 0 saturated carbocycles. The summed E-state index contributed by atoms with van der Waals surface area (Å²) in [5.74, 6) is 0. The predicted molar refractivity (Wildman–Crippen MR) is 65.1 cm³/mol. The fourth-order valence-corrected chi connectivity index (χ4v) is 1.57. The van der Waals surface area contributed by atoms with Gasteiger partial charge in [0.25, 0.3) is 0 Å². The summed E-state index contributed by atoms with van der Waals surface area (Å²) < 4.78 is 0.986. The van der Waals surface area contributed by atoms with Crippen molar-refractivity contribution in [3.8, 4) is 0 Å². The first-order valence-electron chi connectivity index (χ1n) is 4.53. The van der Waals surface area contributed by atoms with Crippen molar-refractivity contribution in [3.05, 3.63) is 58.6 Å². The topological polar surface area (TPSA) is 25.8 Å². The number of pyridine rings is 2. The normalized spacial score (nSPS) is 10.7. The molecule has 0 aliphatic rings.